The number of hydrogen-bond acceptors (Lipinski definition) is 5. The van der Waals surface area contributed by atoms with Crippen molar-refractivity contribution in [2.75, 3.05) is 0 Å². The summed E-state index contributed by atoms with van der Waals surface area (Å²) >= 11 is 0. The lowest BCUT2D eigenvalue weighted by Gasteiger charge is -2.14. The number of aryl methyl sites for hydroxylation is 1. The standard InChI is InChI=1S/C24H38N4O2/c1-4-5-6-7-8-9-10-11-12-19-13-15-20(16-14-19)23-27-21(30-28-23)17-26-24(29)22(25)18(2)3/h13-16,18,22H,4-12,17,25H2,1-3H3,(H,26,29)/t22-/m0/s1. The van der Waals surface area contributed by atoms with Crippen LogP contribution >= 0.6 is 0 Å². The highest BCUT2D eigenvalue weighted by Crippen LogP contribution is 2.18. The second-order valence-electron chi connectivity index (χ2n) is 8.42. The molecule has 2 aromatic rings. The van der Waals surface area contributed by atoms with Gasteiger partial charge < -0.3 is 15.6 Å². The lowest BCUT2D eigenvalue weighted by atomic mass is 10.0. The van der Waals surface area contributed by atoms with Gasteiger partial charge in [0, 0.05) is 5.56 Å². The van der Waals surface area contributed by atoms with Gasteiger partial charge in [0.25, 0.3) is 0 Å². The number of aromatic nitrogens is 2. The molecule has 6 nitrogen and oxygen atoms in total. The minimum atomic E-state index is -0.541. The molecule has 0 bridgehead atoms. The molecule has 0 aliphatic heterocycles. The number of carbonyl (C=O) groups excluding carboxylic acids is 1. The van der Waals surface area contributed by atoms with E-state index in [9.17, 15) is 4.79 Å². The number of benzene rings is 1. The molecule has 3 N–H and O–H groups in total. The topological polar surface area (TPSA) is 94.0 Å². The van der Waals surface area contributed by atoms with Crippen LogP contribution in [0.25, 0.3) is 11.4 Å². The second kappa shape index (κ2) is 13.2. The van der Waals surface area contributed by atoms with Crippen molar-refractivity contribution in [2.45, 2.75) is 91.1 Å². The first-order valence-corrected chi connectivity index (χ1v) is 11.5. The second-order valence-corrected chi connectivity index (χ2v) is 8.42. The summed E-state index contributed by atoms with van der Waals surface area (Å²) in [4.78, 5) is 16.3. The Morgan fingerprint density at radius 2 is 1.67 bits per heavy atom. The average Bonchev–Trinajstić information content (AvgIpc) is 3.22. The molecule has 1 heterocycles. The maximum atomic E-state index is 11.9. The third kappa shape index (κ3) is 8.27. The summed E-state index contributed by atoms with van der Waals surface area (Å²) in [6.45, 7) is 6.26. The number of nitrogens with zero attached hydrogens (tertiary/aromatic N) is 2. The van der Waals surface area contributed by atoms with Crippen molar-refractivity contribution >= 4 is 5.91 Å². The van der Waals surface area contributed by atoms with E-state index in [4.69, 9.17) is 10.3 Å². The Labute approximate surface area is 181 Å². The van der Waals surface area contributed by atoms with Crippen molar-refractivity contribution in [1.29, 1.82) is 0 Å². The van der Waals surface area contributed by atoms with Gasteiger partial charge in [0.15, 0.2) is 0 Å². The molecular weight excluding hydrogens is 376 g/mol. The van der Waals surface area contributed by atoms with Gasteiger partial charge in [0.05, 0.1) is 12.6 Å². The van der Waals surface area contributed by atoms with Gasteiger partial charge in [-0.2, -0.15) is 4.98 Å². The minimum Gasteiger partial charge on any atom is -0.346 e. The lowest BCUT2D eigenvalue weighted by Crippen LogP contribution is -2.43. The van der Waals surface area contributed by atoms with Gasteiger partial charge in [-0.3, -0.25) is 4.79 Å². The molecule has 0 radical (unpaired) electrons. The zero-order chi connectivity index (χ0) is 21.8. The van der Waals surface area contributed by atoms with Crippen molar-refractivity contribution in [3.05, 3.63) is 35.7 Å². The Hall–Kier alpha value is -2.21. The number of rotatable bonds is 14. The highest BCUT2D eigenvalue weighted by Gasteiger charge is 2.18. The van der Waals surface area contributed by atoms with Crippen molar-refractivity contribution < 1.29 is 9.32 Å². The number of hydrogen-bond donors (Lipinski definition) is 2. The molecule has 0 aliphatic carbocycles. The van der Waals surface area contributed by atoms with E-state index in [-0.39, 0.29) is 18.4 Å². The Morgan fingerprint density at radius 1 is 1.03 bits per heavy atom. The molecule has 0 aliphatic rings. The fourth-order valence-corrected chi connectivity index (χ4v) is 3.31. The van der Waals surface area contributed by atoms with Crippen LogP contribution in [0.5, 0.6) is 0 Å². The first-order chi connectivity index (χ1) is 14.5. The molecule has 30 heavy (non-hydrogen) atoms. The van der Waals surface area contributed by atoms with Crippen molar-refractivity contribution in [1.82, 2.24) is 15.5 Å². The van der Waals surface area contributed by atoms with Crippen LogP contribution in [0.4, 0.5) is 0 Å². The number of carbonyl (C=O) groups is 1. The SMILES string of the molecule is CCCCCCCCCCc1ccc(-c2noc(CNC(=O)[C@@H](N)C(C)C)n2)cc1. The first-order valence-electron chi connectivity index (χ1n) is 11.5. The number of nitrogens with one attached hydrogen (secondary N) is 1. The Morgan fingerprint density at radius 3 is 2.30 bits per heavy atom. The van der Waals surface area contributed by atoms with Crippen molar-refractivity contribution in [2.24, 2.45) is 11.7 Å². The minimum absolute atomic E-state index is 0.0764. The molecule has 166 valence electrons. The number of amides is 1. The summed E-state index contributed by atoms with van der Waals surface area (Å²) in [5.74, 6) is 0.769. The molecule has 0 spiro atoms. The smallest absolute Gasteiger partial charge is 0.246 e. The molecule has 1 aromatic carbocycles. The van der Waals surface area contributed by atoms with E-state index in [1.165, 1.54) is 56.9 Å². The molecule has 1 aromatic heterocycles. The molecule has 1 atom stereocenters. The van der Waals surface area contributed by atoms with Crippen LogP contribution in [0.15, 0.2) is 28.8 Å². The summed E-state index contributed by atoms with van der Waals surface area (Å²) in [5, 5.41) is 6.76. The van der Waals surface area contributed by atoms with Gasteiger partial charge in [0.1, 0.15) is 0 Å². The molecule has 1 amide bonds. The van der Waals surface area contributed by atoms with Crippen molar-refractivity contribution in [3.63, 3.8) is 0 Å². The lowest BCUT2D eigenvalue weighted by molar-refractivity contribution is -0.123. The van der Waals surface area contributed by atoms with E-state index in [0.717, 1.165) is 12.0 Å². The fourth-order valence-electron chi connectivity index (χ4n) is 3.31. The normalized spacial score (nSPS) is 12.3. The summed E-state index contributed by atoms with van der Waals surface area (Å²) < 4.78 is 5.25. The Kier molecular flexibility index (Phi) is 10.6. The van der Waals surface area contributed by atoms with Crippen LogP contribution in [0.2, 0.25) is 0 Å². The van der Waals surface area contributed by atoms with E-state index in [1.807, 2.05) is 26.0 Å². The highest BCUT2D eigenvalue weighted by molar-refractivity contribution is 5.81. The molecule has 0 fully saturated rings. The third-order valence-electron chi connectivity index (χ3n) is 5.43. The average molecular weight is 415 g/mol. The molecule has 6 heteroatoms. The van der Waals surface area contributed by atoms with Gasteiger partial charge in [-0.25, -0.2) is 0 Å². The third-order valence-corrected chi connectivity index (χ3v) is 5.43. The molecule has 0 saturated carbocycles. The summed E-state index contributed by atoms with van der Waals surface area (Å²) in [7, 11) is 0. The zero-order valence-electron chi connectivity index (χ0n) is 18.8. The van der Waals surface area contributed by atoms with E-state index < -0.39 is 6.04 Å². The molecule has 0 saturated heterocycles. The number of unbranched alkanes of at least 4 members (excludes halogenated alkanes) is 7. The van der Waals surface area contributed by atoms with Crippen LogP contribution in [0.3, 0.4) is 0 Å². The van der Waals surface area contributed by atoms with Crippen LogP contribution in [0.1, 0.15) is 83.6 Å². The van der Waals surface area contributed by atoms with Gasteiger partial charge >= 0.3 is 0 Å². The maximum Gasteiger partial charge on any atom is 0.246 e. The van der Waals surface area contributed by atoms with Crippen LogP contribution in [-0.4, -0.2) is 22.1 Å². The molecule has 2 rings (SSSR count). The van der Waals surface area contributed by atoms with Gasteiger partial charge in [-0.15, -0.1) is 0 Å². The first kappa shape index (κ1) is 24.1. The Balaban J connectivity index is 1.73. The predicted molar refractivity (Wildman–Crippen MR) is 121 cm³/mol. The fraction of sp³-hybridized carbons (Fsp3) is 0.625. The van der Waals surface area contributed by atoms with Gasteiger partial charge in [-0.1, -0.05) is 95.1 Å². The summed E-state index contributed by atoms with van der Waals surface area (Å²) in [6, 6.07) is 7.79. The van der Waals surface area contributed by atoms with E-state index in [0.29, 0.717) is 11.7 Å². The van der Waals surface area contributed by atoms with Gasteiger partial charge in [-0.05, 0) is 24.3 Å². The monoisotopic (exact) mass is 414 g/mol. The number of nitrogens with two attached hydrogens (primary N) is 1. The maximum absolute atomic E-state index is 11.9. The molecular formula is C24H38N4O2. The highest BCUT2D eigenvalue weighted by atomic mass is 16.5. The Bertz CT molecular complexity index is 740. The van der Waals surface area contributed by atoms with Gasteiger partial charge in [0.2, 0.25) is 17.6 Å². The summed E-state index contributed by atoms with van der Waals surface area (Å²) in [5.41, 5.74) is 8.08. The van der Waals surface area contributed by atoms with E-state index >= 15 is 0 Å². The van der Waals surface area contributed by atoms with Crippen molar-refractivity contribution in [3.8, 4) is 11.4 Å². The summed E-state index contributed by atoms with van der Waals surface area (Å²) in [6.07, 6.45) is 11.8. The zero-order valence-corrected chi connectivity index (χ0v) is 18.8. The van der Waals surface area contributed by atoms with E-state index in [1.54, 1.807) is 0 Å². The predicted octanol–water partition coefficient (Wildman–Crippen LogP) is 5.02. The van der Waals surface area contributed by atoms with Crippen LogP contribution < -0.4 is 11.1 Å². The quantitative estimate of drug-likeness (QED) is 0.423. The van der Waals surface area contributed by atoms with E-state index in [2.05, 4.69) is 34.5 Å². The van der Waals surface area contributed by atoms with Crippen LogP contribution in [0, 0.1) is 5.92 Å². The van der Waals surface area contributed by atoms with Crippen LogP contribution in [-0.2, 0) is 17.8 Å². The molecule has 0 unspecified atom stereocenters. The largest absolute Gasteiger partial charge is 0.346 e.